The van der Waals surface area contributed by atoms with Crippen LogP contribution in [0.3, 0.4) is 0 Å². The molecule has 2 aliphatic rings. The lowest BCUT2D eigenvalue weighted by Crippen LogP contribution is -2.50. The molecule has 0 bridgehead atoms. The van der Waals surface area contributed by atoms with Crippen LogP contribution in [0.15, 0.2) is 0 Å². The van der Waals surface area contributed by atoms with Gasteiger partial charge in [0.2, 0.25) is 0 Å². The molecular formula is C14H26N2O3. The fourth-order valence-electron chi connectivity index (χ4n) is 3.15. The van der Waals surface area contributed by atoms with Crippen molar-refractivity contribution >= 4 is 5.97 Å². The number of carboxylic acids is 1. The third kappa shape index (κ3) is 5.47. The maximum Gasteiger partial charge on any atom is 0.304 e. The molecule has 1 aliphatic carbocycles. The Labute approximate surface area is 115 Å². The van der Waals surface area contributed by atoms with Gasteiger partial charge in [0, 0.05) is 32.2 Å². The van der Waals surface area contributed by atoms with Crippen LogP contribution in [0.25, 0.3) is 0 Å². The van der Waals surface area contributed by atoms with E-state index in [1.54, 1.807) is 0 Å². The monoisotopic (exact) mass is 270 g/mol. The van der Waals surface area contributed by atoms with Crippen molar-refractivity contribution in [2.24, 2.45) is 11.8 Å². The zero-order valence-electron chi connectivity index (χ0n) is 11.6. The number of rotatable bonds is 8. The SMILES string of the molecule is O=C(O)CCN1CC(CC2CC2)CC(NCCO)C1. The van der Waals surface area contributed by atoms with Crippen LogP contribution < -0.4 is 5.32 Å². The first-order chi connectivity index (χ1) is 9.17. The second kappa shape index (κ2) is 7.22. The van der Waals surface area contributed by atoms with E-state index in [9.17, 15) is 4.79 Å². The molecule has 0 aromatic carbocycles. The fraction of sp³-hybridized carbons (Fsp3) is 0.929. The third-order valence-corrected chi connectivity index (χ3v) is 4.16. The molecule has 0 amide bonds. The van der Waals surface area contributed by atoms with E-state index in [1.165, 1.54) is 25.7 Å². The van der Waals surface area contributed by atoms with E-state index in [1.807, 2.05) is 0 Å². The highest BCUT2D eigenvalue weighted by Gasteiger charge is 2.31. The molecule has 2 rings (SSSR count). The predicted octanol–water partition coefficient (Wildman–Crippen LogP) is 0.534. The van der Waals surface area contributed by atoms with Crippen LogP contribution in [0, 0.1) is 11.8 Å². The number of hydrogen-bond donors (Lipinski definition) is 3. The number of aliphatic carboxylic acids is 1. The zero-order valence-corrected chi connectivity index (χ0v) is 11.6. The van der Waals surface area contributed by atoms with Crippen molar-refractivity contribution in [3.05, 3.63) is 0 Å². The second-order valence-corrected chi connectivity index (χ2v) is 6.06. The van der Waals surface area contributed by atoms with Crippen molar-refractivity contribution in [2.75, 3.05) is 32.8 Å². The first-order valence-electron chi connectivity index (χ1n) is 7.45. The molecule has 5 nitrogen and oxygen atoms in total. The van der Waals surface area contributed by atoms with Crippen LogP contribution in [0.5, 0.6) is 0 Å². The summed E-state index contributed by atoms with van der Waals surface area (Å²) in [6, 6.07) is 0.401. The van der Waals surface area contributed by atoms with Crippen molar-refractivity contribution in [1.29, 1.82) is 0 Å². The smallest absolute Gasteiger partial charge is 0.304 e. The van der Waals surface area contributed by atoms with E-state index in [-0.39, 0.29) is 13.0 Å². The standard InChI is InChI=1S/C14H26N2O3/c17-6-4-15-13-8-12(7-11-1-2-11)9-16(10-13)5-3-14(18)19/h11-13,15,17H,1-10H2,(H,18,19). The second-order valence-electron chi connectivity index (χ2n) is 6.06. The quantitative estimate of drug-likeness (QED) is 0.600. The minimum atomic E-state index is -0.718. The number of piperidine rings is 1. The van der Waals surface area contributed by atoms with Gasteiger partial charge in [-0.2, -0.15) is 0 Å². The zero-order chi connectivity index (χ0) is 13.7. The van der Waals surface area contributed by atoms with Crippen molar-refractivity contribution in [3.63, 3.8) is 0 Å². The number of aliphatic hydroxyl groups excluding tert-OH is 1. The summed E-state index contributed by atoms with van der Waals surface area (Å²) in [6.07, 6.45) is 5.44. The molecule has 1 heterocycles. The molecule has 2 fully saturated rings. The lowest BCUT2D eigenvalue weighted by molar-refractivity contribution is -0.137. The minimum absolute atomic E-state index is 0.166. The number of hydrogen-bond acceptors (Lipinski definition) is 4. The van der Waals surface area contributed by atoms with Crippen molar-refractivity contribution < 1.29 is 15.0 Å². The van der Waals surface area contributed by atoms with Crippen LogP contribution in [0.4, 0.5) is 0 Å². The van der Waals surface area contributed by atoms with Gasteiger partial charge in [-0.1, -0.05) is 12.8 Å². The number of nitrogens with one attached hydrogen (secondary N) is 1. The average Bonchev–Trinajstić information content (AvgIpc) is 3.17. The fourth-order valence-corrected chi connectivity index (χ4v) is 3.15. The maximum absolute atomic E-state index is 10.7. The van der Waals surface area contributed by atoms with E-state index >= 15 is 0 Å². The molecule has 5 heteroatoms. The van der Waals surface area contributed by atoms with E-state index < -0.39 is 5.97 Å². The van der Waals surface area contributed by atoms with Gasteiger partial charge in [0.1, 0.15) is 0 Å². The normalized spacial score (nSPS) is 28.5. The first-order valence-corrected chi connectivity index (χ1v) is 7.45. The average molecular weight is 270 g/mol. The topological polar surface area (TPSA) is 72.8 Å². The number of likely N-dealkylation sites (tertiary alicyclic amines) is 1. The molecule has 0 aromatic rings. The van der Waals surface area contributed by atoms with Crippen LogP contribution in [0.1, 0.15) is 32.1 Å². The molecule has 1 saturated heterocycles. The van der Waals surface area contributed by atoms with E-state index in [0.29, 0.717) is 25.0 Å². The first kappa shape index (κ1) is 14.8. The van der Waals surface area contributed by atoms with E-state index in [2.05, 4.69) is 10.2 Å². The van der Waals surface area contributed by atoms with Gasteiger partial charge in [-0.05, 0) is 24.7 Å². The van der Waals surface area contributed by atoms with Gasteiger partial charge in [0.25, 0.3) is 0 Å². The maximum atomic E-state index is 10.7. The Morgan fingerprint density at radius 2 is 2.05 bits per heavy atom. The summed E-state index contributed by atoms with van der Waals surface area (Å²) in [5, 5.41) is 21.1. The molecule has 0 spiro atoms. The molecular weight excluding hydrogens is 244 g/mol. The summed E-state index contributed by atoms with van der Waals surface area (Å²) in [6.45, 7) is 3.40. The van der Waals surface area contributed by atoms with Gasteiger partial charge < -0.3 is 20.4 Å². The summed E-state index contributed by atoms with van der Waals surface area (Å²) in [5.74, 6) is 0.887. The molecule has 19 heavy (non-hydrogen) atoms. The lowest BCUT2D eigenvalue weighted by Gasteiger charge is -2.38. The predicted molar refractivity (Wildman–Crippen MR) is 73.0 cm³/mol. The number of nitrogens with zero attached hydrogens (tertiary/aromatic N) is 1. The van der Waals surface area contributed by atoms with Gasteiger partial charge in [-0.25, -0.2) is 0 Å². The summed E-state index contributed by atoms with van der Waals surface area (Å²) in [5.41, 5.74) is 0. The van der Waals surface area contributed by atoms with Crippen LogP contribution in [0.2, 0.25) is 0 Å². The Morgan fingerprint density at radius 1 is 1.26 bits per heavy atom. The molecule has 1 aliphatic heterocycles. The third-order valence-electron chi connectivity index (χ3n) is 4.16. The van der Waals surface area contributed by atoms with Crippen LogP contribution >= 0.6 is 0 Å². The lowest BCUT2D eigenvalue weighted by atomic mass is 9.89. The van der Waals surface area contributed by atoms with Gasteiger partial charge in [0.05, 0.1) is 13.0 Å². The largest absolute Gasteiger partial charge is 0.481 e. The van der Waals surface area contributed by atoms with Gasteiger partial charge in [-0.3, -0.25) is 4.79 Å². The van der Waals surface area contributed by atoms with Crippen LogP contribution in [-0.4, -0.2) is 59.9 Å². The van der Waals surface area contributed by atoms with E-state index in [0.717, 1.165) is 19.0 Å². The molecule has 2 unspecified atom stereocenters. The highest BCUT2D eigenvalue weighted by atomic mass is 16.4. The molecule has 110 valence electrons. The highest BCUT2D eigenvalue weighted by Crippen LogP contribution is 2.37. The van der Waals surface area contributed by atoms with Crippen LogP contribution in [-0.2, 0) is 4.79 Å². The Morgan fingerprint density at radius 3 is 2.68 bits per heavy atom. The summed E-state index contributed by atoms with van der Waals surface area (Å²) < 4.78 is 0. The molecule has 0 aromatic heterocycles. The number of carboxylic acid groups (broad SMARTS) is 1. The Kier molecular flexibility index (Phi) is 5.60. The highest BCUT2D eigenvalue weighted by molar-refractivity contribution is 5.66. The van der Waals surface area contributed by atoms with Gasteiger partial charge >= 0.3 is 5.97 Å². The number of carbonyl (C=O) groups is 1. The molecule has 0 radical (unpaired) electrons. The number of aliphatic hydroxyl groups is 1. The van der Waals surface area contributed by atoms with Crippen molar-refractivity contribution in [2.45, 2.75) is 38.1 Å². The summed E-state index contributed by atoms with van der Waals surface area (Å²) in [7, 11) is 0. The Hall–Kier alpha value is -0.650. The van der Waals surface area contributed by atoms with Gasteiger partial charge in [-0.15, -0.1) is 0 Å². The molecule has 3 N–H and O–H groups in total. The van der Waals surface area contributed by atoms with Crippen molar-refractivity contribution in [3.8, 4) is 0 Å². The Bertz CT molecular complexity index is 294. The summed E-state index contributed by atoms with van der Waals surface area (Å²) in [4.78, 5) is 13.0. The Balaban J connectivity index is 1.80. The minimum Gasteiger partial charge on any atom is -0.481 e. The van der Waals surface area contributed by atoms with Gasteiger partial charge in [0.15, 0.2) is 0 Å². The van der Waals surface area contributed by atoms with E-state index in [4.69, 9.17) is 10.2 Å². The van der Waals surface area contributed by atoms with Crippen molar-refractivity contribution in [1.82, 2.24) is 10.2 Å². The summed E-state index contributed by atoms with van der Waals surface area (Å²) >= 11 is 0. The molecule has 1 saturated carbocycles. The molecule has 2 atom stereocenters.